The largest absolute Gasteiger partial charge is 0.448 e. The van der Waals surface area contributed by atoms with E-state index in [1.807, 2.05) is 19.1 Å². The van der Waals surface area contributed by atoms with Crippen molar-refractivity contribution >= 4 is 6.09 Å². The molecule has 1 aliphatic heterocycles. The summed E-state index contributed by atoms with van der Waals surface area (Å²) in [7, 11) is 0. The molecular formula is C12H12N2O2. The highest BCUT2D eigenvalue weighted by Crippen LogP contribution is 2.15. The van der Waals surface area contributed by atoms with Crippen LogP contribution in [-0.2, 0) is 11.3 Å². The van der Waals surface area contributed by atoms with Crippen molar-refractivity contribution in [3.8, 4) is 6.07 Å². The fraction of sp³-hybridized carbons (Fsp3) is 0.333. The van der Waals surface area contributed by atoms with Gasteiger partial charge in [-0.25, -0.2) is 4.79 Å². The number of ether oxygens (including phenoxy) is 1. The van der Waals surface area contributed by atoms with E-state index >= 15 is 0 Å². The van der Waals surface area contributed by atoms with Gasteiger partial charge in [-0.2, -0.15) is 5.26 Å². The number of cyclic esters (lactones) is 1. The zero-order valence-corrected chi connectivity index (χ0v) is 9.06. The van der Waals surface area contributed by atoms with Crippen LogP contribution in [-0.4, -0.2) is 24.1 Å². The second kappa shape index (κ2) is 4.23. The van der Waals surface area contributed by atoms with E-state index in [2.05, 4.69) is 6.07 Å². The number of hydrogen-bond donors (Lipinski definition) is 0. The summed E-state index contributed by atoms with van der Waals surface area (Å²) in [4.78, 5) is 12.9. The zero-order valence-electron chi connectivity index (χ0n) is 9.06. The predicted molar refractivity (Wildman–Crippen MR) is 57.7 cm³/mol. The monoisotopic (exact) mass is 216 g/mol. The van der Waals surface area contributed by atoms with Gasteiger partial charge in [0.15, 0.2) is 0 Å². The second-order valence-corrected chi connectivity index (χ2v) is 3.79. The molecule has 82 valence electrons. The smallest absolute Gasteiger partial charge is 0.410 e. The molecule has 0 aromatic heterocycles. The van der Waals surface area contributed by atoms with Crippen LogP contribution in [0.1, 0.15) is 16.7 Å². The van der Waals surface area contributed by atoms with Gasteiger partial charge in [0.05, 0.1) is 18.2 Å². The van der Waals surface area contributed by atoms with Gasteiger partial charge in [0.2, 0.25) is 0 Å². The molecule has 0 spiro atoms. The Hall–Kier alpha value is -2.02. The molecule has 2 rings (SSSR count). The van der Waals surface area contributed by atoms with Gasteiger partial charge < -0.3 is 9.64 Å². The van der Waals surface area contributed by atoms with E-state index in [4.69, 9.17) is 10.00 Å². The highest BCUT2D eigenvalue weighted by Gasteiger charge is 2.22. The van der Waals surface area contributed by atoms with E-state index < -0.39 is 0 Å². The molecule has 0 radical (unpaired) electrons. The number of rotatable bonds is 2. The maximum absolute atomic E-state index is 11.3. The SMILES string of the molecule is Cc1cc(C#N)ccc1CN1CCOC1=O. The van der Waals surface area contributed by atoms with E-state index in [0.29, 0.717) is 25.3 Å². The number of hydrogen-bond acceptors (Lipinski definition) is 3. The molecule has 0 saturated carbocycles. The molecule has 1 aromatic rings. The van der Waals surface area contributed by atoms with Crippen molar-refractivity contribution in [2.45, 2.75) is 13.5 Å². The van der Waals surface area contributed by atoms with Crippen molar-refractivity contribution in [1.82, 2.24) is 4.90 Å². The first-order chi connectivity index (χ1) is 7.70. The molecule has 1 amide bonds. The fourth-order valence-electron chi connectivity index (χ4n) is 1.72. The normalized spacial score (nSPS) is 14.8. The average molecular weight is 216 g/mol. The summed E-state index contributed by atoms with van der Waals surface area (Å²) in [6, 6.07) is 7.58. The van der Waals surface area contributed by atoms with Crippen LogP contribution in [0, 0.1) is 18.3 Å². The molecule has 4 heteroatoms. The Morgan fingerprint density at radius 3 is 2.94 bits per heavy atom. The van der Waals surface area contributed by atoms with Gasteiger partial charge in [-0.15, -0.1) is 0 Å². The molecule has 0 unspecified atom stereocenters. The highest BCUT2D eigenvalue weighted by atomic mass is 16.6. The van der Waals surface area contributed by atoms with Crippen LogP contribution >= 0.6 is 0 Å². The zero-order chi connectivity index (χ0) is 11.5. The summed E-state index contributed by atoms with van der Waals surface area (Å²) >= 11 is 0. The third-order valence-electron chi connectivity index (χ3n) is 2.68. The summed E-state index contributed by atoms with van der Waals surface area (Å²) in [5.74, 6) is 0. The Balaban J connectivity index is 2.16. The van der Waals surface area contributed by atoms with E-state index in [9.17, 15) is 4.79 Å². The molecular weight excluding hydrogens is 204 g/mol. The van der Waals surface area contributed by atoms with Gasteiger partial charge in [-0.1, -0.05) is 6.07 Å². The second-order valence-electron chi connectivity index (χ2n) is 3.79. The van der Waals surface area contributed by atoms with Gasteiger partial charge >= 0.3 is 6.09 Å². The van der Waals surface area contributed by atoms with Crippen LogP contribution in [0.15, 0.2) is 18.2 Å². The van der Waals surface area contributed by atoms with E-state index in [0.717, 1.165) is 11.1 Å². The summed E-state index contributed by atoms with van der Waals surface area (Å²) < 4.78 is 4.86. The minimum Gasteiger partial charge on any atom is -0.448 e. The predicted octanol–water partition coefficient (Wildman–Crippen LogP) is 1.82. The van der Waals surface area contributed by atoms with Crippen molar-refractivity contribution < 1.29 is 9.53 Å². The molecule has 0 aliphatic carbocycles. The molecule has 0 bridgehead atoms. The standard InChI is InChI=1S/C12H12N2O2/c1-9-6-10(7-13)2-3-11(9)8-14-4-5-16-12(14)15/h2-3,6H,4-5,8H2,1H3. The van der Waals surface area contributed by atoms with Crippen LogP contribution in [0.3, 0.4) is 0 Å². The third kappa shape index (κ3) is 1.98. The number of nitriles is 1. The Morgan fingerprint density at radius 1 is 1.56 bits per heavy atom. The van der Waals surface area contributed by atoms with Crippen LogP contribution in [0.4, 0.5) is 4.79 Å². The van der Waals surface area contributed by atoms with Gasteiger partial charge in [-0.05, 0) is 30.2 Å². The van der Waals surface area contributed by atoms with E-state index in [1.54, 1.807) is 11.0 Å². The van der Waals surface area contributed by atoms with Crippen molar-refractivity contribution in [1.29, 1.82) is 5.26 Å². The lowest BCUT2D eigenvalue weighted by Crippen LogP contribution is -2.23. The number of benzene rings is 1. The fourth-order valence-corrected chi connectivity index (χ4v) is 1.72. The van der Waals surface area contributed by atoms with Crippen LogP contribution in [0.25, 0.3) is 0 Å². The minimum absolute atomic E-state index is 0.260. The van der Waals surface area contributed by atoms with Crippen molar-refractivity contribution in [2.24, 2.45) is 0 Å². The van der Waals surface area contributed by atoms with Crippen LogP contribution in [0.2, 0.25) is 0 Å². The van der Waals surface area contributed by atoms with Crippen molar-refractivity contribution in [3.63, 3.8) is 0 Å². The number of carbonyl (C=O) groups is 1. The molecule has 1 fully saturated rings. The quantitative estimate of drug-likeness (QED) is 0.757. The topological polar surface area (TPSA) is 53.3 Å². The lowest BCUT2D eigenvalue weighted by Gasteiger charge is -2.14. The van der Waals surface area contributed by atoms with Gasteiger partial charge in [0.1, 0.15) is 6.61 Å². The summed E-state index contributed by atoms with van der Waals surface area (Å²) in [5.41, 5.74) is 2.72. The van der Waals surface area contributed by atoms with Crippen LogP contribution < -0.4 is 0 Å². The first-order valence-electron chi connectivity index (χ1n) is 5.12. The number of aryl methyl sites for hydroxylation is 1. The first kappa shape index (κ1) is 10.5. The molecule has 1 aromatic carbocycles. The number of amides is 1. The van der Waals surface area contributed by atoms with Crippen molar-refractivity contribution in [3.05, 3.63) is 34.9 Å². The molecule has 0 N–H and O–H groups in total. The van der Waals surface area contributed by atoms with Crippen molar-refractivity contribution in [2.75, 3.05) is 13.2 Å². The lowest BCUT2D eigenvalue weighted by molar-refractivity contribution is 0.157. The Labute approximate surface area is 94.0 Å². The maximum atomic E-state index is 11.3. The molecule has 1 heterocycles. The van der Waals surface area contributed by atoms with Gasteiger partial charge in [0, 0.05) is 6.54 Å². The number of nitrogens with zero attached hydrogens (tertiary/aromatic N) is 2. The first-order valence-corrected chi connectivity index (χ1v) is 5.12. The van der Waals surface area contributed by atoms with Gasteiger partial charge in [-0.3, -0.25) is 0 Å². The molecule has 0 atom stereocenters. The van der Waals surface area contributed by atoms with E-state index in [-0.39, 0.29) is 6.09 Å². The van der Waals surface area contributed by atoms with Crippen LogP contribution in [0.5, 0.6) is 0 Å². The van der Waals surface area contributed by atoms with Gasteiger partial charge in [0.25, 0.3) is 0 Å². The Morgan fingerprint density at radius 2 is 2.38 bits per heavy atom. The Kier molecular flexibility index (Phi) is 2.78. The molecule has 1 aliphatic rings. The van der Waals surface area contributed by atoms with E-state index in [1.165, 1.54) is 0 Å². The average Bonchev–Trinajstić information content (AvgIpc) is 2.67. The molecule has 1 saturated heterocycles. The number of carbonyl (C=O) groups excluding carboxylic acids is 1. The summed E-state index contributed by atoms with van der Waals surface area (Å²) in [6.07, 6.45) is -0.260. The highest BCUT2D eigenvalue weighted by molar-refractivity contribution is 5.69. The summed E-state index contributed by atoms with van der Waals surface area (Å²) in [5, 5.41) is 8.74. The third-order valence-corrected chi connectivity index (χ3v) is 2.68. The lowest BCUT2D eigenvalue weighted by atomic mass is 10.1. The summed E-state index contributed by atoms with van der Waals surface area (Å²) in [6.45, 7) is 3.60. The molecule has 4 nitrogen and oxygen atoms in total. The maximum Gasteiger partial charge on any atom is 0.410 e. The Bertz CT molecular complexity index is 463. The minimum atomic E-state index is -0.260. The molecule has 16 heavy (non-hydrogen) atoms.